The molecule has 5 atom stereocenters. The summed E-state index contributed by atoms with van der Waals surface area (Å²) in [5, 5.41) is 12.3. The van der Waals surface area contributed by atoms with Crippen LogP contribution >= 0.6 is 0 Å². The van der Waals surface area contributed by atoms with Gasteiger partial charge in [0.1, 0.15) is 5.60 Å². The SMILES string of the molecule is CNS(=O)(=O)c1ccc(C#C[C@]2(O)CC[C@H]3[C@@H]4CCC5=CC(=O)CCC5=C4[C@@H](c4ccc(N(C)C)cc4)C[C@@]32C)cc1. The molecule has 2 saturated carbocycles. The van der Waals surface area contributed by atoms with Gasteiger partial charge in [0.15, 0.2) is 5.78 Å². The number of rotatable bonds is 4. The zero-order chi connectivity index (χ0) is 29.9. The van der Waals surface area contributed by atoms with Crippen molar-refractivity contribution in [2.24, 2.45) is 17.3 Å². The van der Waals surface area contributed by atoms with Crippen molar-refractivity contribution in [3.05, 3.63) is 82.5 Å². The molecule has 0 aliphatic heterocycles. The number of carbonyl (C=O) groups is 1. The summed E-state index contributed by atoms with van der Waals surface area (Å²) in [5.41, 5.74) is 5.63. The maximum Gasteiger partial charge on any atom is 0.240 e. The van der Waals surface area contributed by atoms with Crippen LogP contribution in [0.2, 0.25) is 0 Å². The van der Waals surface area contributed by atoms with E-state index in [4.69, 9.17) is 0 Å². The molecule has 0 spiro atoms. The van der Waals surface area contributed by atoms with Gasteiger partial charge < -0.3 is 10.0 Å². The smallest absolute Gasteiger partial charge is 0.240 e. The number of hydrogen-bond acceptors (Lipinski definition) is 5. The summed E-state index contributed by atoms with van der Waals surface area (Å²) >= 11 is 0. The zero-order valence-corrected chi connectivity index (χ0v) is 25.7. The van der Waals surface area contributed by atoms with Crippen molar-refractivity contribution in [2.45, 2.75) is 68.3 Å². The van der Waals surface area contributed by atoms with E-state index < -0.39 is 21.0 Å². The number of allylic oxidation sites excluding steroid dienone is 4. The summed E-state index contributed by atoms with van der Waals surface area (Å²) in [6, 6.07) is 15.3. The molecule has 7 heteroatoms. The molecule has 0 saturated heterocycles. The first kappa shape index (κ1) is 28.9. The monoisotopic (exact) mass is 584 g/mol. The van der Waals surface area contributed by atoms with Crippen molar-refractivity contribution in [3.63, 3.8) is 0 Å². The molecule has 0 amide bonds. The summed E-state index contributed by atoms with van der Waals surface area (Å²) in [6.07, 6.45) is 7.51. The molecule has 0 aromatic heterocycles. The highest BCUT2D eigenvalue weighted by molar-refractivity contribution is 7.89. The average Bonchev–Trinajstić information content (AvgIpc) is 3.25. The number of fused-ring (bicyclic) bond motifs is 4. The summed E-state index contributed by atoms with van der Waals surface area (Å²) in [7, 11) is 1.96. The number of benzene rings is 2. The molecule has 42 heavy (non-hydrogen) atoms. The van der Waals surface area contributed by atoms with Crippen molar-refractivity contribution in [3.8, 4) is 11.8 Å². The Bertz CT molecular complexity index is 1640. The minimum Gasteiger partial charge on any atom is -0.378 e. The standard InChI is InChI=1S/C35H40N2O4S/c1-34-22-31(24-7-10-26(11-8-24)37(3)4)33-29-16-12-27(38)21-25(29)9-15-30(33)32(34)18-20-35(34,39)19-17-23-5-13-28(14-6-23)42(40,41)36-2/h5-8,10-11,13-14,21,30-32,36,39H,9,12,15-16,18,20,22H2,1-4H3/t30-,31+,32-,34-,35-/m0/s1. The topological polar surface area (TPSA) is 86.7 Å². The van der Waals surface area contributed by atoms with E-state index in [2.05, 4.69) is 52.7 Å². The van der Waals surface area contributed by atoms with E-state index in [1.165, 1.54) is 29.3 Å². The Balaban J connectivity index is 1.41. The van der Waals surface area contributed by atoms with Gasteiger partial charge in [0.25, 0.3) is 0 Å². The molecule has 6 rings (SSSR count). The number of nitrogens with zero attached hydrogens (tertiary/aromatic N) is 1. The highest BCUT2D eigenvalue weighted by atomic mass is 32.2. The van der Waals surface area contributed by atoms with Crippen LogP contribution in [0.4, 0.5) is 5.69 Å². The van der Waals surface area contributed by atoms with Crippen LogP contribution in [0.1, 0.15) is 68.9 Å². The van der Waals surface area contributed by atoms with Crippen molar-refractivity contribution in [2.75, 3.05) is 26.0 Å². The predicted octanol–water partition coefficient (Wildman–Crippen LogP) is 5.34. The number of hydrogen-bond donors (Lipinski definition) is 2. The lowest BCUT2D eigenvalue weighted by Gasteiger charge is -2.53. The van der Waals surface area contributed by atoms with Crippen molar-refractivity contribution in [1.29, 1.82) is 0 Å². The highest BCUT2D eigenvalue weighted by Crippen LogP contribution is 2.66. The summed E-state index contributed by atoms with van der Waals surface area (Å²) < 4.78 is 26.6. The van der Waals surface area contributed by atoms with Gasteiger partial charge in [0, 0.05) is 43.1 Å². The first-order valence-electron chi connectivity index (χ1n) is 15.0. The largest absolute Gasteiger partial charge is 0.378 e. The van der Waals surface area contributed by atoms with E-state index in [0.29, 0.717) is 30.2 Å². The molecule has 0 bridgehead atoms. The normalized spacial score (nSPS) is 30.5. The number of carbonyl (C=O) groups excluding carboxylic acids is 1. The Hall–Kier alpha value is -3.18. The van der Waals surface area contributed by atoms with Gasteiger partial charge in [-0.15, -0.1) is 0 Å². The van der Waals surface area contributed by atoms with Gasteiger partial charge in [-0.25, -0.2) is 13.1 Å². The second-order valence-electron chi connectivity index (χ2n) is 12.9. The molecule has 2 fully saturated rings. The molecule has 0 radical (unpaired) electrons. The van der Waals surface area contributed by atoms with Crippen LogP contribution in [0.25, 0.3) is 0 Å². The molecule has 220 valence electrons. The second kappa shape index (κ2) is 10.5. The van der Waals surface area contributed by atoms with Crippen molar-refractivity contribution < 1.29 is 18.3 Å². The van der Waals surface area contributed by atoms with E-state index >= 15 is 0 Å². The van der Waals surface area contributed by atoms with Gasteiger partial charge in [-0.2, -0.15) is 0 Å². The molecule has 2 N–H and O–H groups in total. The average molecular weight is 585 g/mol. The third-order valence-corrected chi connectivity index (χ3v) is 12.0. The van der Waals surface area contributed by atoms with Gasteiger partial charge in [-0.1, -0.05) is 36.5 Å². The highest BCUT2D eigenvalue weighted by Gasteiger charge is 2.62. The Morgan fingerprint density at radius 1 is 1.00 bits per heavy atom. The Morgan fingerprint density at radius 2 is 1.71 bits per heavy atom. The van der Waals surface area contributed by atoms with Crippen LogP contribution in [0.5, 0.6) is 0 Å². The van der Waals surface area contributed by atoms with Crippen LogP contribution in [0.3, 0.4) is 0 Å². The fraction of sp³-hybridized carbons (Fsp3) is 0.457. The van der Waals surface area contributed by atoms with Crippen molar-refractivity contribution >= 4 is 21.5 Å². The van der Waals surface area contributed by atoms with Crippen LogP contribution in [0.15, 0.2) is 76.2 Å². The first-order chi connectivity index (χ1) is 20.0. The van der Waals surface area contributed by atoms with Crippen molar-refractivity contribution in [1.82, 2.24) is 4.72 Å². The van der Waals surface area contributed by atoms with Gasteiger partial charge in [-0.3, -0.25) is 4.79 Å². The molecule has 4 aliphatic rings. The Morgan fingerprint density at radius 3 is 2.38 bits per heavy atom. The van der Waals surface area contributed by atoms with Gasteiger partial charge >= 0.3 is 0 Å². The molecule has 0 heterocycles. The number of anilines is 1. The van der Waals surface area contributed by atoms with E-state index in [1.807, 2.05) is 20.2 Å². The van der Waals surface area contributed by atoms with Gasteiger partial charge in [0.2, 0.25) is 10.0 Å². The van der Waals surface area contributed by atoms with Crippen LogP contribution in [-0.4, -0.2) is 46.1 Å². The number of sulfonamides is 1. The zero-order valence-electron chi connectivity index (χ0n) is 24.9. The van der Waals surface area contributed by atoms with Gasteiger partial charge in [-0.05, 0) is 117 Å². The van der Waals surface area contributed by atoms with Crippen LogP contribution in [0, 0.1) is 29.1 Å². The minimum atomic E-state index is -3.52. The molecular formula is C35H40N2O4S. The molecule has 2 aromatic rings. The second-order valence-corrected chi connectivity index (χ2v) is 14.7. The number of nitrogens with one attached hydrogen (secondary N) is 1. The van der Waals surface area contributed by atoms with E-state index in [-0.39, 0.29) is 16.6 Å². The lowest BCUT2D eigenvalue weighted by molar-refractivity contribution is -0.114. The lowest BCUT2D eigenvalue weighted by Crippen LogP contribution is -2.51. The third-order valence-electron chi connectivity index (χ3n) is 10.5. The maximum absolute atomic E-state index is 12.3. The quantitative estimate of drug-likeness (QED) is 0.474. The lowest BCUT2D eigenvalue weighted by atomic mass is 9.51. The minimum absolute atomic E-state index is 0.150. The van der Waals surface area contributed by atoms with E-state index in [9.17, 15) is 18.3 Å². The van der Waals surface area contributed by atoms with Gasteiger partial charge in [0.05, 0.1) is 4.90 Å². The summed E-state index contributed by atoms with van der Waals surface area (Å²) in [6.45, 7) is 2.24. The fourth-order valence-electron chi connectivity index (χ4n) is 8.19. The molecular weight excluding hydrogens is 544 g/mol. The molecule has 2 aromatic carbocycles. The third kappa shape index (κ3) is 4.74. The van der Waals surface area contributed by atoms with Crippen LogP contribution in [-0.2, 0) is 14.8 Å². The Kier molecular flexibility index (Phi) is 7.24. The first-order valence-corrected chi connectivity index (χ1v) is 16.5. The fourth-order valence-corrected chi connectivity index (χ4v) is 8.92. The van der Waals surface area contributed by atoms with Crippen LogP contribution < -0.4 is 9.62 Å². The van der Waals surface area contributed by atoms with E-state index in [0.717, 1.165) is 37.8 Å². The van der Waals surface area contributed by atoms with E-state index in [1.54, 1.807) is 24.3 Å². The number of aliphatic hydroxyl groups is 1. The molecule has 0 unspecified atom stereocenters. The molecule has 4 aliphatic carbocycles. The Labute approximate surface area is 250 Å². The summed E-state index contributed by atoms with van der Waals surface area (Å²) in [4.78, 5) is 14.6. The predicted molar refractivity (Wildman–Crippen MR) is 166 cm³/mol. The molecule has 6 nitrogen and oxygen atoms in total. The maximum atomic E-state index is 12.3. The summed E-state index contributed by atoms with van der Waals surface area (Å²) in [5.74, 6) is 7.55. The number of ketones is 1.